The van der Waals surface area contributed by atoms with Crippen LogP contribution in [0, 0.1) is 17.8 Å². The van der Waals surface area contributed by atoms with Crippen molar-refractivity contribution in [2.24, 2.45) is 17.8 Å². The first-order valence-corrected chi connectivity index (χ1v) is 21.0. The van der Waals surface area contributed by atoms with E-state index in [1.54, 1.807) is 5.56 Å². The molecule has 0 heterocycles. The third kappa shape index (κ3) is 6.36. The van der Waals surface area contributed by atoms with Crippen LogP contribution in [-0.4, -0.2) is 0 Å². The molecule has 0 aromatic heterocycles. The molecule has 1 nitrogen and oxygen atoms in total. The van der Waals surface area contributed by atoms with E-state index in [1.807, 2.05) is 0 Å². The van der Waals surface area contributed by atoms with Crippen LogP contribution >= 0.6 is 0 Å². The van der Waals surface area contributed by atoms with Crippen molar-refractivity contribution in [2.45, 2.75) is 43.9 Å². The Kier molecular flexibility index (Phi) is 8.43. The van der Waals surface area contributed by atoms with Crippen molar-refractivity contribution in [1.82, 2.24) is 0 Å². The Morgan fingerprint density at radius 1 is 0.351 bits per heavy atom. The molecule has 12 rings (SSSR count). The number of nitrogens with zero attached hydrogens (tertiary/aromatic N) is 1. The van der Waals surface area contributed by atoms with E-state index in [4.69, 9.17) is 0 Å². The average Bonchev–Trinajstić information content (AvgIpc) is 3.27. The van der Waals surface area contributed by atoms with Gasteiger partial charge in [0.15, 0.2) is 0 Å². The number of hydrogen-bond donors (Lipinski definition) is 0. The number of anilines is 3. The molecule has 4 aliphatic carbocycles. The summed E-state index contributed by atoms with van der Waals surface area (Å²) in [5.74, 6) is 2.83. The highest BCUT2D eigenvalue weighted by Crippen LogP contribution is 2.61. The zero-order chi connectivity index (χ0) is 37.8. The molecule has 276 valence electrons. The monoisotopic (exact) mass is 733 g/mol. The van der Waals surface area contributed by atoms with E-state index >= 15 is 0 Å². The number of rotatable bonds is 8. The molecular formula is C56H47N. The second kappa shape index (κ2) is 14.1. The molecule has 4 saturated carbocycles. The van der Waals surface area contributed by atoms with Gasteiger partial charge in [-0.3, -0.25) is 0 Å². The maximum absolute atomic E-state index is 2.49. The minimum atomic E-state index is 0.403. The lowest BCUT2D eigenvalue weighted by Gasteiger charge is -2.57. The molecule has 8 aromatic rings. The quantitative estimate of drug-likeness (QED) is 0.150. The van der Waals surface area contributed by atoms with Crippen molar-refractivity contribution in [3.05, 3.63) is 200 Å². The minimum Gasteiger partial charge on any atom is -0.310 e. The predicted molar refractivity (Wildman–Crippen MR) is 240 cm³/mol. The van der Waals surface area contributed by atoms with E-state index in [1.165, 1.54) is 93.8 Å². The molecule has 0 atom stereocenters. The number of fused-ring (bicyclic) bond motifs is 1. The van der Waals surface area contributed by atoms with E-state index in [-0.39, 0.29) is 0 Å². The van der Waals surface area contributed by atoms with Gasteiger partial charge in [0, 0.05) is 16.9 Å². The average molecular weight is 734 g/mol. The highest BCUT2D eigenvalue weighted by atomic mass is 15.1. The fraction of sp³-hybridized carbons (Fsp3) is 0.179. The lowest BCUT2D eigenvalue weighted by atomic mass is 9.48. The molecule has 4 bridgehead atoms. The first-order valence-electron chi connectivity index (χ1n) is 21.0. The van der Waals surface area contributed by atoms with Gasteiger partial charge in [-0.1, -0.05) is 152 Å². The van der Waals surface area contributed by atoms with Crippen molar-refractivity contribution in [3.63, 3.8) is 0 Å². The van der Waals surface area contributed by atoms with E-state index in [0.29, 0.717) is 5.41 Å². The van der Waals surface area contributed by atoms with Gasteiger partial charge in [0.05, 0.1) is 5.69 Å². The van der Waals surface area contributed by atoms with Crippen LogP contribution in [0.15, 0.2) is 194 Å². The fourth-order valence-electron chi connectivity index (χ4n) is 11.3. The van der Waals surface area contributed by atoms with Crippen LogP contribution < -0.4 is 4.90 Å². The molecule has 57 heavy (non-hydrogen) atoms. The molecular weight excluding hydrogens is 687 g/mol. The summed E-state index contributed by atoms with van der Waals surface area (Å²) in [4.78, 5) is 2.44. The van der Waals surface area contributed by atoms with Crippen molar-refractivity contribution in [1.29, 1.82) is 0 Å². The van der Waals surface area contributed by atoms with Gasteiger partial charge in [-0.05, 0) is 159 Å². The number of benzene rings is 8. The van der Waals surface area contributed by atoms with Gasteiger partial charge in [-0.15, -0.1) is 0 Å². The van der Waals surface area contributed by atoms with E-state index in [2.05, 4.69) is 199 Å². The van der Waals surface area contributed by atoms with E-state index in [9.17, 15) is 0 Å². The summed E-state index contributed by atoms with van der Waals surface area (Å²) in [5, 5.41) is 2.50. The Morgan fingerprint density at radius 3 is 1.35 bits per heavy atom. The molecule has 0 aliphatic heterocycles. The van der Waals surface area contributed by atoms with Gasteiger partial charge < -0.3 is 4.90 Å². The normalized spacial score (nSPS) is 20.8. The molecule has 0 spiro atoms. The second-order valence-corrected chi connectivity index (χ2v) is 17.2. The summed E-state index contributed by atoms with van der Waals surface area (Å²) >= 11 is 0. The van der Waals surface area contributed by atoms with Crippen LogP contribution in [0.3, 0.4) is 0 Å². The van der Waals surface area contributed by atoms with Gasteiger partial charge >= 0.3 is 0 Å². The third-order valence-corrected chi connectivity index (χ3v) is 13.6. The maximum Gasteiger partial charge on any atom is 0.0540 e. The van der Waals surface area contributed by atoms with Crippen LogP contribution in [0.4, 0.5) is 17.1 Å². The first kappa shape index (κ1) is 34.1. The Balaban J connectivity index is 1.04. The first-order chi connectivity index (χ1) is 28.1. The fourth-order valence-corrected chi connectivity index (χ4v) is 11.3. The van der Waals surface area contributed by atoms with Crippen LogP contribution in [0.25, 0.3) is 55.3 Å². The molecule has 0 unspecified atom stereocenters. The Morgan fingerprint density at radius 2 is 0.789 bits per heavy atom. The molecule has 4 aliphatic rings. The third-order valence-electron chi connectivity index (χ3n) is 13.6. The summed E-state index contributed by atoms with van der Waals surface area (Å²) in [6.45, 7) is 0. The molecule has 0 N–H and O–H groups in total. The number of hydrogen-bond acceptors (Lipinski definition) is 1. The zero-order valence-corrected chi connectivity index (χ0v) is 32.4. The van der Waals surface area contributed by atoms with Gasteiger partial charge in [0.1, 0.15) is 0 Å². The summed E-state index contributed by atoms with van der Waals surface area (Å²) in [7, 11) is 0. The van der Waals surface area contributed by atoms with Crippen molar-refractivity contribution in [2.75, 3.05) is 4.90 Å². The zero-order valence-electron chi connectivity index (χ0n) is 32.4. The molecule has 0 radical (unpaired) electrons. The summed E-state index contributed by atoms with van der Waals surface area (Å²) in [5.41, 5.74) is 15.2. The second-order valence-electron chi connectivity index (χ2n) is 17.2. The van der Waals surface area contributed by atoms with Gasteiger partial charge in [0.25, 0.3) is 0 Å². The molecule has 0 saturated heterocycles. The molecule has 4 fully saturated rings. The highest BCUT2D eigenvalue weighted by Gasteiger charge is 2.51. The smallest absolute Gasteiger partial charge is 0.0540 e. The predicted octanol–water partition coefficient (Wildman–Crippen LogP) is 15.4. The summed E-state index contributed by atoms with van der Waals surface area (Å²) in [6.07, 6.45) is 8.63. The van der Waals surface area contributed by atoms with Crippen molar-refractivity contribution >= 4 is 27.8 Å². The molecule has 1 heteroatoms. The largest absolute Gasteiger partial charge is 0.310 e. The Labute approximate surface area is 337 Å². The van der Waals surface area contributed by atoms with Crippen LogP contribution in [0.1, 0.15) is 44.1 Å². The SMILES string of the molecule is c1ccc(-c2ccc(N(c3ccc(-c4ccccc4)cc3)c3ccc(-c4ccc(C56CC7CC(CC(C7)C5)C6)cc4)cc3-c3ccc4ccccc4c3)cc2)cc1. The van der Waals surface area contributed by atoms with E-state index in [0.717, 1.165) is 34.8 Å². The Bertz CT molecular complexity index is 2560. The van der Waals surface area contributed by atoms with Gasteiger partial charge in [0.2, 0.25) is 0 Å². The maximum atomic E-state index is 2.49. The van der Waals surface area contributed by atoms with Gasteiger partial charge in [-0.2, -0.15) is 0 Å². The lowest BCUT2D eigenvalue weighted by molar-refractivity contribution is -0.00518. The Hall–Kier alpha value is -6.18. The van der Waals surface area contributed by atoms with Crippen molar-refractivity contribution < 1.29 is 0 Å². The highest BCUT2D eigenvalue weighted by molar-refractivity contribution is 5.95. The summed E-state index contributed by atoms with van der Waals surface area (Å²) < 4.78 is 0. The van der Waals surface area contributed by atoms with Crippen LogP contribution in [-0.2, 0) is 5.41 Å². The minimum absolute atomic E-state index is 0.403. The van der Waals surface area contributed by atoms with Crippen LogP contribution in [0.5, 0.6) is 0 Å². The molecule has 8 aromatic carbocycles. The van der Waals surface area contributed by atoms with Gasteiger partial charge in [-0.25, -0.2) is 0 Å². The molecule has 0 amide bonds. The topological polar surface area (TPSA) is 3.24 Å². The summed E-state index contributed by atoms with van der Waals surface area (Å²) in [6, 6.07) is 72.0. The van der Waals surface area contributed by atoms with E-state index < -0.39 is 0 Å². The van der Waals surface area contributed by atoms with Crippen molar-refractivity contribution in [3.8, 4) is 44.5 Å². The standard InChI is InChI=1S/C56H47N/c1-3-9-42(10-4-1)45-19-26-52(27-20-45)57(53-28-21-46(22-29-53)43-11-5-2-6-12-43)55-30-23-49(35-54(55)50-16-15-44-13-7-8-14-48(44)34-50)47-17-24-51(25-18-47)56-36-39-31-40(37-56)33-41(32-39)38-56/h1-30,34-35,39-41H,31-33,36-38H2. The lowest BCUT2D eigenvalue weighted by Crippen LogP contribution is -2.48. The van der Waals surface area contributed by atoms with Crippen LogP contribution in [0.2, 0.25) is 0 Å².